The summed E-state index contributed by atoms with van der Waals surface area (Å²) in [5, 5.41) is 8.73. The van der Waals surface area contributed by atoms with Crippen LogP contribution in [-0.4, -0.2) is 19.6 Å². The normalized spacial score (nSPS) is 14.4. The van der Waals surface area contributed by atoms with Crippen LogP contribution in [0.4, 0.5) is 5.82 Å². The minimum Gasteiger partial charge on any atom is -0.384 e. The first-order chi connectivity index (χ1) is 9.56. The fourth-order valence-corrected chi connectivity index (χ4v) is 2.12. The molecule has 0 fully saturated rings. The first-order valence-corrected chi connectivity index (χ1v) is 6.84. The van der Waals surface area contributed by atoms with Gasteiger partial charge in [-0.05, 0) is 19.4 Å². The van der Waals surface area contributed by atoms with Gasteiger partial charge in [-0.2, -0.15) is 10.2 Å². The van der Waals surface area contributed by atoms with Gasteiger partial charge in [0.05, 0.1) is 17.9 Å². The Morgan fingerprint density at radius 2 is 2.20 bits per heavy atom. The standard InChI is InChI=1S/C13H23N7/c1-4-9(2)20-6-5-10(18-20)7-12(17-15)11-8-16-19(3)13(11)14/h5-6,8-9,12,17H,4,7,14-15H2,1-3H3. The number of nitrogen functional groups attached to an aromatic ring is 1. The van der Waals surface area contributed by atoms with Crippen LogP contribution >= 0.6 is 0 Å². The Balaban J connectivity index is 2.14. The van der Waals surface area contributed by atoms with Crippen molar-refractivity contribution in [3.63, 3.8) is 0 Å². The van der Waals surface area contributed by atoms with Crippen molar-refractivity contribution < 1.29 is 0 Å². The maximum atomic E-state index is 5.99. The molecule has 2 aromatic rings. The molecule has 0 aliphatic carbocycles. The molecule has 7 heteroatoms. The third-order valence-electron chi connectivity index (χ3n) is 3.71. The lowest BCUT2D eigenvalue weighted by Gasteiger charge is -2.14. The Labute approximate surface area is 118 Å². The Kier molecular flexibility index (Phi) is 4.41. The van der Waals surface area contributed by atoms with Crippen LogP contribution in [0.5, 0.6) is 0 Å². The predicted octanol–water partition coefficient (Wildman–Crippen LogP) is 0.917. The number of nitrogens with two attached hydrogens (primary N) is 2. The van der Waals surface area contributed by atoms with Crippen molar-refractivity contribution in [2.45, 2.75) is 38.8 Å². The highest BCUT2D eigenvalue weighted by Crippen LogP contribution is 2.22. The van der Waals surface area contributed by atoms with Gasteiger partial charge in [-0.25, -0.2) is 0 Å². The summed E-state index contributed by atoms with van der Waals surface area (Å²) >= 11 is 0. The monoisotopic (exact) mass is 277 g/mol. The minimum atomic E-state index is -0.0935. The molecule has 0 aromatic carbocycles. The van der Waals surface area contributed by atoms with Gasteiger partial charge in [0.25, 0.3) is 0 Å². The number of hydrogen-bond acceptors (Lipinski definition) is 5. The Morgan fingerprint density at radius 3 is 2.75 bits per heavy atom. The molecule has 0 spiro atoms. The van der Waals surface area contributed by atoms with E-state index in [1.807, 2.05) is 24.0 Å². The largest absolute Gasteiger partial charge is 0.384 e. The first-order valence-electron chi connectivity index (χ1n) is 6.84. The lowest BCUT2D eigenvalue weighted by molar-refractivity contribution is 0.467. The third-order valence-corrected chi connectivity index (χ3v) is 3.71. The van der Waals surface area contributed by atoms with Gasteiger partial charge in [-0.1, -0.05) is 6.92 Å². The van der Waals surface area contributed by atoms with E-state index in [1.54, 1.807) is 10.9 Å². The maximum absolute atomic E-state index is 5.99. The predicted molar refractivity (Wildman–Crippen MR) is 78.6 cm³/mol. The van der Waals surface area contributed by atoms with Gasteiger partial charge in [-0.3, -0.25) is 20.6 Å². The number of aromatic nitrogens is 4. The molecule has 5 N–H and O–H groups in total. The van der Waals surface area contributed by atoms with E-state index in [0.29, 0.717) is 18.3 Å². The molecule has 2 unspecified atom stereocenters. The third kappa shape index (κ3) is 2.83. The molecule has 0 radical (unpaired) electrons. The maximum Gasteiger partial charge on any atom is 0.126 e. The highest BCUT2D eigenvalue weighted by Gasteiger charge is 2.18. The second-order valence-electron chi connectivity index (χ2n) is 5.08. The van der Waals surface area contributed by atoms with E-state index < -0.39 is 0 Å². The summed E-state index contributed by atoms with van der Waals surface area (Å²) in [7, 11) is 1.81. The number of nitrogens with zero attached hydrogens (tertiary/aromatic N) is 4. The molecule has 0 saturated heterocycles. The number of anilines is 1. The second kappa shape index (κ2) is 6.06. The summed E-state index contributed by atoms with van der Waals surface area (Å²) in [6.07, 6.45) is 5.47. The summed E-state index contributed by atoms with van der Waals surface area (Å²) < 4.78 is 3.62. The van der Waals surface area contributed by atoms with Crippen LogP contribution in [0.15, 0.2) is 18.5 Å². The van der Waals surface area contributed by atoms with Crippen LogP contribution in [0, 0.1) is 0 Å². The molecule has 2 aromatic heterocycles. The molecule has 0 bridgehead atoms. The van der Waals surface area contributed by atoms with Crippen molar-refractivity contribution in [2.75, 3.05) is 5.73 Å². The molecule has 0 amide bonds. The fraction of sp³-hybridized carbons (Fsp3) is 0.538. The summed E-state index contributed by atoms with van der Waals surface area (Å²) in [5.41, 5.74) is 10.7. The first kappa shape index (κ1) is 14.5. The SMILES string of the molecule is CCC(C)n1ccc(CC(NN)c2cnn(C)c2N)n1. The van der Waals surface area contributed by atoms with Gasteiger partial charge < -0.3 is 5.73 Å². The van der Waals surface area contributed by atoms with Gasteiger partial charge in [0.2, 0.25) is 0 Å². The van der Waals surface area contributed by atoms with Crippen LogP contribution in [-0.2, 0) is 13.5 Å². The molecule has 20 heavy (non-hydrogen) atoms. The van der Waals surface area contributed by atoms with E-state index in [4.69, 9.17) is 11.6 Å². The summed E-state index contributed by atoms with van der Waals surface area (Å²) in [6.45, 7) is 4.29. The highest BCUT2D eigenvalue weighted by molar-refractivity contribution is 5.41. The Morgan fingerprint density at radius 1 is 1.45 bits per heavy atom. The average molecular weight is 277 g/mol. The summed E-state index contributed by atoms with van der Waals surface area (Å²) in [4.78, 5) is 0. The molecule has 2 rings (SSSR count). The quantitative estimate of drug-likeness (QED) is 0.538. The van der Waals surface area contributed by atoms with E-state index >= 15 is 0 Å². The summed E-state index contributed by atoms with van der Waals surface area (Å²) in [5.74, 6) is 6.27. The number of rotatable bonds is 6. The number of hydrogen-bond donors (Lipinski definition) is 3. The van der Waals surface area contributed by atoms with E-state index in [0.717, 1.165) is 17.7 Å². The molecule has 7 nitrogen and oxygen atoms in total. The van der Waals surface area contributed by atoms with Crippen molar-refractivity contribution >= 4 is 5.82 Å². The minimum absolute atomic E-state index is 0.0935. The fourth-order valence-electron chi connectivity index (χ4n) is 2.12. The topological polar surface area (TPSA) is 99.7 Å². The molecule has 0 aliphatic rings. The number of hydrazine groups is 1. The number of aryl methyl sites for hydroxylation is 1. The van der Waals surface area contributed by atoms with Crippen LogP contribution in [0.25, 0.3) is 0 Å². The molecule has 0 saturated carbocycles. The van der Waals surface area contributed by atoms with Crippen LogP contribution in [0.3, 0.4) is 0 Å². The molecule has 2 atom stereocenters. The van der Waals surface area contributed by atoms with Crippen LogP contribution in [0.1, 0.15) is 43.6 Å². The van der Waals surface area contributed by atoms with Crippen molar-refractivity contribution in [1.82, 2.24) is 25.0 Å². The van der Waals surface area contributed by atoms with Crippen molar-refractivity contribution in [3.05, 3.63) is 29.7 Å². The zero-order valence-electron chi connectivity index (χ0n) is 12.2. The van der Waals surface area contributed by atoms with Crippen LogP contribution in [0.2, 0.25) is 0 Å². The zero-order chi connectivity index (χ0) is 14.7. The van der Waals surface area contributed by atoms with Gasteiger partial charge in [0.1, 0.15) is 5.82 Å². The van der Waals surface area contributed by atoms with Gasteiger partial charge in [-0.15, -0.1) is 0 Å². The van der Waals surface area contributed by atoms with Crippen molar-refractivity contribution in [2.24, 2.45) is 12.9 Å². The lowest BCUT2D eigenvalue weighted by atomic mass is 10.1. The van der Waals surface area contributed by atoms with Gasteiger partial charge in [0, 0.05) is 31.3 Å². The smallest absolute Gasteiger partial charge is 0.126 e. The molecule has 0 aliphatic heterocycles. The lowest BCUT2D eigenvalue weighted by Crippen LogP contribution is -2.30. The van der Waals surface area contributed by atoms with Crippen LogP contribution < -0.4 is 17.0 Å². The highest BCUT2D eigenvalue weighted by atomic mass is 15.3. The molecular weight excluding hydrogens is 254 g/mol. The van der Waals surface area contributed by atoms with E-state index in [1.165, 1.54) is 0 Å². The number of nitrogens with one attached hydrogen (secondary N) is 1. The van der Waals surface area contributed by atoms with Crippen molar-refractivity contribution in [3.8, 4) is 0 Å². The second-order valence-corrected chi connectivity index (χ2v) is 5.08. The van der Waals surface area contributed by atoms with E-state index in [2.05, 4.69) is 29.5 Å². The molecule has 2 heterocycles. The molecule has 110 valence electrons. The van der Waals surface area contributed by atoms with Gasteiger partial charge in [0.15, 0.2) is 0 Å². The summed E-state index contributed by atoms with van der Waals surface area (Å²) in [6, 6.07) is 2.32. The zero-order valence-corrected chi connectivity index (χ0v) is 12.2. The molecular formula is C13H23N7. The van der Waals surface area contributed by atoms with E-state index in [9.17, 15) is 0 Å². The Bertz CT molecular complexity index is 557. The van der Waals surface area contributed by atoms with E-state index in [-0.39, 0.29) is 6.04 Å². The average Bonchev–Trinajstić information content (AvgIpc) is 3.04. The Hall–Kier alpha value is -1.86. The van der Waals surface area contributed by atoms with Gasteiger partial charge >= 0.3 is 0 Å². The van der Waals surface area contributed by atoms with Crippen molar-refractivity contribution in [1.29, 1.82) is 0 Å².